The Kier molecular flexibility index (Phi) is 5.56. The van der Waals surface area contributed by atoms with E-state index in [0.29, 0.717) is 13.0 Å². The molecule has 18 heavy (non-hydrogen) atoms. The monoisotopic (exact) mass is 257 g/mol. The molecule has 3 N–H and O–H groups in total. The molecule has 0 aromatic rings. The standard InChI is InChI=1S/C13H27N3O2/c1-4-13(2,14)12(18)16(9-10-17)11-5-7-15(3)8-6-11/h11,17H,4-10,14H2,1-3H3. The summed E-state index contributed by atoms with van der Waals surface area (Å²) in [6, 6.07) is 0.218. The minimum absolute atomic E-state index is 0.00211. The fourth-order valence-corrected chi connectivity index (χ4v) is 2.34. The first-order chi connectivity index (χ1) is 8.42. The first-order valence-electron chi connectivity index (χ1n) is 6.81. The summed E-state index contributed by atoms with van der Waals surface area (Å²) in [5.41, 5.74) is 5.22. The minimum Gasteiger partial charge on any atom is -0.395 e. The summed E-state index contributed by atoms with van der Waals surface area (Å²) in [4.78, 5) is 16.5. The van der Waals surface area contributed by atoms with E-state index >= 15 is 0 Å². The fraction of sp³-hybridized carbons (Fsp3) is 0.923. The molecule has 0 aliphatic carbocycles. The number of aliphatic hydroxyl groups is 1. The average molecular weight is 257 g/mol. The van der Waals surface area contributed by atoms with Crippen molar-refractivity contribution in [1.29, 1.82) is 0 Å². The van der Waals surface area contributed by atoms with E-state index < -0.39 is 5.54 Å². The molecule has 0 bridgehead atoms. The normalized spacial score (nSPS) is 21.6. The average Bonchev–Trinajstić information content (AvgIpc) is 2.36. The lowest BCUT2D eigenvalue weighted by molar-refractivity contribution is -0.140. The number of likely N-dealkylation sites (tertiary alicyclic amines) is 1. The number of hydrogen-bond donors (Lipinski definition) is 2. The van der Waals surface area contributed by atoms with Gasteiger partial charge in [0.1, 0.15) is 0 Å². The fourth-order valence-electron chi connectivity index (χ4n) is 2.34. The van der Waals surface area contributed by atoms with Crippen LogP contribution in [0.1, 0.15) is 33.1 Å². The van der Waals surface area contributed by atoms with Crippen LogP contribution >= 0.6 is 0 Å². The van der Waals surface area contributed by atoms with Gasteiger partial charge in [-0.3, -0.25) is 4.79 Å². The van der Waals surface area contributed by atoms with Crippen molar-refractivity contribution in [3.63, 3.8) is 0 Å². The molecule has 5 heteroatoms. The second kappa shape index (κ2) is 6.50. The van der Waals surface area contributed by atoms with Gasteiger partial charge in [0.2, 0.25) is 5.91 Å². The lowest BCUT2D eigenvalue weighted by atomic mass is 9.95. The maximum atomic E-state index is 12.4. The predicted molar refractivity (Wildman–Crippen MR) is 72.2 cm³/mol. The third-order valence-electron chi connectivity index (χ3n) is 3.95. The molecular formula is C13H27N3O2. The van der Waals surface area contributed by atoms with Crippen molar-refractivity contribution in [2.45, 2.75) is 44.7 Å². The van der Waals surface area contributed by atoms with E-state index in [9.17, 15) is 4.79 Å². The second-order valence-corrected chi connectivity index (χ2v) is 5.53. The van der Waals surface area contributed by atoms with E-state index in [1.54, 1.807) is 11.8 Å². The summed E-state index contributed by atoms with van der Waals surface area (Å²) >= 11 is 0. The van der Waals surface area contributed by atoms with Crippen LogP contribution in [-0.4, -0.2) is 65.7 Å². The van der Waals surface area contributed by atoms with Crippen molar-refractivity contribution >= 4 is 5.91 Å². The number of carbonyl (C=O) groups excluding carboxylic acids is 1. The van der Waals surface area contributed by atoms with E-state index in [2.05, 4.69) is 11.9 Å². The Hall–Kier alpha value is -0.650. The number of amides is 1. The quantitative estimate of drug-likeness (QED) is 0.729. The Morgan fingerprint density at radius 1 is 1.50 bits per heavy atom. The van der Waals surface area contributed by atoms with Crippen LogP contribution in [0.15, 0.2) is 0 Å². The van der Waals surface area contributed by atoms with E-state index in [0.717, 1.165) is 25.9 Å². The van der Waals surface area contributed by atoms with Crippen molar-refractivity contribution < 1.29 is 9.90 Å². The summed E-state index contributed by atoms with van der Waals surface area (Å²) < 4.78 is 0. The maximum absolute atomic E-state index is 12.4. The highest BCUT2D eigenvalue weighted by Gasteiger charge is 2.35. The molecule has 1 fully saturated rings. The summed E-state index contributed by atoms with van der Waals surface area (Å²) in [5, 5.41) is 9.16. The lowest BCUT2D eigenvalue weighted by Crippen LogP contribution is -2.58. The minimum atomic E-state index is -0.821. The molecule has 5 nitrogen and oxygen atoms in total. The van der Waals surface area contributed by atoms with Crippen LogP contribution in [0.4, 0.5) is 0 Å². The van der Waals surface area contributed by atoms with Gasteiger partial charge in [0.15, 0.2) is 0 Å². The summed E-state index contributed by atoms with van der Waals surface area (Å²) in [7, 11) is 2.09. The molecule has 0 aromatic carbocycles. The number of nitrogens with two attached hydrogens (primary N) is 1. The molecule has 1 rings (SSSR count). The Labute approximate surface area is 110 Å². The molecule has 0 aromatic heterocycles. The summed E-state index contributed by atoms with van der Waals surface area (Å²) in [6.45, 7) is 6.07. The van der Waals surface area contributed by atoms with E-state index in [-0.39, 0.29) is 18.6 Å². The van der Waals surface area contributed by atoms with Gasteiger partial charge in [0.25, 0.3) is 0 Å². The first-order valence-corrected chi connectivity index (χ1v) is 6.81. The van der Waals surface area contributed by atoms with Crippen molar-refractivity contribution in [2.24, 2.45) is 5.73 Å². The number of hydrogen-bond acceptors (Lipinski definition) is 4. The van der Waals surface area contributed by atoms with Crippen LogP contribution in [0.2, 0.25) is 0 Å². The Morgan fingerprint density at radius 3 is 2.50 bits per heavy atom. The number of nitrogens with zero attached hydrogens (tertiary/aromatic N) is 2. The first kappa shape index (κ1) is 15.4. The van der Waals surface area contributed by atoms with Crippen molar-refractivity contribution in [3.05, 3.63) is 0 Å². The van der Waals surface area contributed by atoms with Crippen LogP contribution in [0.3, 0.4) is 0 Å². The third-order valence-corrected chi connectivity index (χ3v) is 3.95. The van der Waals surface area contributed by atoms with Gasteiger partial charge < -0.3 is 20.6 Å². The van der Waals surface area contributed by atoms with Gasteiger partial charge in [-0.15, -0.1) is 0 Å². The number of rotatable bonds is 5. The summed E-state index contributed by atoms with van der Waals surface area (Å²) in [6.07, 6.45) is 2.53. The van der Waals surface area contributed by atoms with Gasteiger partial charge in [0, 0.05) is 12.6 Å². The second-order valence-electron chi connectivity index (χ2n) is 5.53. The van der Waals surface area contributed by atoms with E-state index in [4.69, 9.17) is 10.8 Å². The zero-order valence-electron chi connectivity index (χ0n) is 11.9. The van der Waals surface area contributed by atoms with Crippen molar-refractivity contribution in [3.8, 4) is 0 Å². The molecule has 106 valence electrons. The SMILES string of the molecule is CCC(C)(N)C(=O)N(CCO)C1CCN(C)CC1. The molecule has 1 heterocycles. The number of piperidine rings is 1. The number of aliphatic hydroxyl groups excluding tert-OH is 1. The molecule has 0 saturated carbocycles. The molecule has 1 saturated heterocycles. The topological polar surface area (TPSA) is 69.8 Å². The highest BCUT2D eigenvalue weighted by Crippen LogP contribution is 2.19. The maximum Gasteiger partial charge on any atom is 0.242 e. The van der Waals surface area contributed by atoms with Crippen LogP contribution in [-0.2, 0) is 4.79 Å². The highest BCUT2D eigenvalue weighted by molar-refractivity contribution is 5.85. The molecule has 1 unspecified atom stereocenters. The van der Waals surface area contributed by atoms with Gasteiger partial charge in [-0.25, -0.2) is 0 Å². The van der Waals surface area contributed by atoms with Crippen molar-refractivity contribution in [1.82, 2.24) is 9.80 Å². The zero-order valence-corrected chi connectivity index (χ0v) is 11.9. The molecule has 1 atom stereocenters. The number of carbonyl (C=O) groups is 1. The van der Waals surface area contributed by atoms with Gasteiger partial charge in [-0.2, -0.15) is 0 Å². The zero-order chi connectivity index (χ0) is 13.8. The van der Waals surface area contributed by atoms with Crippen LogP contribution in [0.25, 0.3) is 0 Å². The smallest absolute Gasteiger partial charge is 0.242 e. The largest absolute Gasteiger partial charge is 0.395 e. The van der Waals surface area contributed by atoms with E-state index in [1.807, 2.05) is 6.92 Å². The van der Waals surface area contributed by atoms with Gasteiger partial charge in [-0.1, -0.05) is 6.92 Å². The Balaban J connectivity index is 2.73. The van der Waals surface area contributed by atoms with Gasteiger partial charge in [0.05, 0.1) is 12.1 Å². The third kappa shape index (κ3) is 3.67. The Bertz CT molecular complexity index is 273. The lowest BCUT2D eigenvalue weighted by Gasteiger charge is -2.40. The van der Waals surface area contributed by atoms with Gasteiger partial charge in [-0.05, 0) is 46.3 Å². The van der Waals surface area contributed by atoms with Crippen LogP contribution in [0, 0.1) is 0 Å². The summed E-state index contributed by atoms with van der Waals surface area (Å²) in [5.74, 6) is -0.0337. The molecule has 1 amide bonds. The highest BCUT2D eigenvalue weighted by atomic mass is 16.3. The molecule has 1 aliphatic rings. The van der Waals surface area contributed by atoms with Crippen molar-refractivity contribution in [2.75, 3.05) is 33.3 Å². The van der Waals surface area contributed by atoms with Crippen LogP contribution < -0.4 is 5.73 Å². The Morgan fingerprint density at radius 2 is 2.06 bits per heavy atom. The van der Waals surface area contributed by atoms with E-state index in [1.165, 1.54) is 0 Å². The predicted octanol–water partition coefficient (Wildman–Crippen LogP) is 0.0289. The molecule has 1 aliphatic heterocycles. The molecule has 0 radical (unpaired) electrons. The van der Waals surface area contributed by atoms with Crippen LogP contribution in [0.5, 0.6) is 0 Å². The van der Waals surface area contributed by atoms with Gasteiger partial charge >= 0.3 is 0 Å². The molecular weight excluding hydrogens is 230 g/mol. The molecule has 0 spiro atoms.